The second-order valence-corrected chi connectivity index (χ2v) is 19.0. The van der Waals surface area contributed by atoms with Gasteiger partial charge in [-0.05, 0) is 102 Å². The van der Waals surface area contributed by atoms with E-state index in [-0.39, 0.29) is 5.41 Å². The van der Waals surface area contributed by atoms with Crippen LogP contribution in [0.1, 0.15) is 47.2 Å². The molecule has 1 heterocycles. The summed E-state index contributed by atoms with van der Waals surface area (Å²) in [5.74, 6) is 0. The van der Waals surface area contributed by atoms with Gasteiger partial charge in [-0.15, -0.1) is 11.3 Å². The van der Waals surface area contributed by atoms with Crippen molar-refractivity contribution < 1.29 is 0 Å². The van der Waals surface area contributed by atoms with Crippen LogP contribution in [0.15, 0.2) is 224 Å². The van der Waals surface area contributed by atoms with Crippen molar-refractivity contribution in [2.45, 2.75) is 24.7 Å². The molecule has 0 N–H and O–H groups in total. The Morgan fingerprint density at radius 3 is 1.73 bits per heavy atom. The first kappa shape index (κ1) is 37.1. The Morgan fingerprint density at radius 1 is 0.375 bits per heavy atom. The molecule has 0 radical (unpaired) electrons. The first-order valence-electron chi connectivity index (χ1n) is 22.3. The highest BCUT2D eigenvalue weighted by molar-refractivity contribution is 7.27. The van der Waals surface area contributed by atoms with Crippen molar-refractivity contribution >= 4 is 59.3 Å². The highest BCUT2D eigenvalue weighted by atomic mass is 32.1. The molecule has 0 saturated heterocycles. The Hall–Kier alpha value is -7.52. The third-order valence-electron chi connectivity index (χ3n) is 14.4. The van der Waals surface area contributed by atoms with Gasteiger partial charge in [0.15, 0.2) is 0 Å². The summed E-state index contributed by atoms with van der Waals surface area (Å²) in [6.45, 7) is 4.72. The Balaban J connectivity index is 1.04. The lowest BCUT2D eigenvalue weighted by Gasteiger charge is -2.34. The maximum atomic E-state index is 2.52. The van der Waals surface area contributed by atoms with Crippen LogP contribution in [0.25, 0.3) is 64.3 Å². The molecule has 302 valence electrons. The van der Waals surface area contributed by atoms with E-state index in [0.29, 0.717) is 0 Å². The van der Waals surface area contributed by atoms with E-state index in [9.17, 15) is 0 Å². The normalized spacial score (nSPS) is 14.0. The summed E-state index contributed by atoms with van der Waals surface area (Å²) in [6, 6.07) is 83.9. The zero-order valence-electron chi connectivity index (χ0n) is 35.7. The van der Waals surface area contributed by atoms with E-state index in [0.717, 1.165) is 17.1 Å². The molecule has 11 aromatic rings. The van der Waals surface area contributed by atoms with Crippen LogP contribution < -0.4 is 4.90 Å². The zero-order valence-corrected chi connectivity index (χ0v) is 36.5. The van der Waals surface area contributed by atoms with Gasteiger partial charge in [-0.3, -0.25) is 0 Å². The molecule has 1 nitrogen and oxygen atoms in total. The van der Waals surface area contributed by atoms with Gasteiger partial charge in [0.2, 0.25) is 0 Å². The van der Waals surface area contributed by atoms with Gasteiger partial charge in [0.25, 0.3) is 0 Å². The third-order valence-corrected chi connectivity index (χ3v) is 15.6. The van der Waals surface area contributed by atoms with Gasteiger partial charge in [-0.25, -0.2) is 0 Å². The molecule has 0 saturated carbocycles. The van der Waals surface area contributed by atoms with E-state index in [4.69, 9.17) is 0 Å². The van der Waals surface area contributed by atoms with Gasteiger partial charge >= 0.3 is 0 Å². The van der Waals surface area contributed by atoms with Gasteiger partial charge in [0.05, 0.1) is 11.1 Å². The lowest BCUT2D eigenvalue weighted by atomic mass is 9.68. The predicted molar refractivity (Wildman–Crippen MR) is 272 cm³/mol. The average molecular weight is 834 g/mol. The minimum absolute atomic E-state index is 0.0886. The highest BCUT2D eigenvalue weighted by Gasteiger charge is 2.47. The zero-order chi connectivity index (χ0) is 42.6. The number of anilines is 3. The smallest absolute Gasteiger partial charge is 0.0714 e. The van der Waals surface area contributed by atoms with Crippen molar-refractivity contribution in [1.82, 2.24) is 0 Å². The maximum Gasteiger partial charge on any atom is 0.0714 e. The van der Waals surface area contributed by atoms with Crippen LogP contribution in [-0.2, 0) is 10.8 Å². The number of benzene rings is 10. The van der Waals surface area contributed by atoms with Gasteiger partial charge in [0.1, 0.15) is 0 Å². The summed E-state index contributed by atoms with van der Waals surface area (Å²) in [5, 5.41) is 5.24. The van der Waals surface area contributed by atoms with Crippen molar-refractivity contribution in [1.29, 1.82) is 0 Å². The Bertz CT molecular complexity index is 3590. The molecule has 2 aliphatic rings. The van der Waals surface area contributed by atoms with E-state index >= 15 is 0 Å². The van der Waals surface area contributed by atoms with Crippen LogP contribution in [0.2, 0.25) is 0 Å². The van der Waals surface area contributed by atoms with Crippen LogP contribution >= 0.6 is 11.3 Å². The molecule has 0 aliphatic heterocycles. The molecule has 0 atom stereocenters. The van der Waals surface area contributed by atoms with E-state index in [2.05, 4.69) is 243 Å². The van der Waals surface area contributed by atoms with Crippen molar-refractivity contribution in [3.05, 3.63) is 258 Å². The fourth-order valence-corrected chi connectivity index (χ4v) is 12.9. The van der Waals surface area contributed by atoms with Crippen LogP contribution in [0.4, 0.5) is 17.1 Å². The topological polar surface area (TPSA) is 3.24 Å². The van der Waals surface area contributed by atoms with Crippen molar-refractivity contribution in [2.75, 3.05) is 4.90 Å². The van der Waals surface area contributed by atoms with E-state index < -0.39 is 5.41 Å². The van der Waals surface area contributed by atoms with Crippen molar-refractivity contribution in [3.8, 4) is 33.4 Å². The maximum absolute atomic E-state index is 2.52. The first-order valence-corrected chi connectivity index (χ1v) is 23.2. The molecule has 1 aromatic heterocycles. The Labute approximate surface area is 378 Å². The first-order chi connectivity index (χ1) is 31.5. The van der Waals surface area contributed by atoms with Gasteiger partial charge in [0, 0.05) is 42.5 Å². The standard InChI is InChI=1S/C62H43NS/c1-61(2)53-27-13-11-23-48(53)52-39-45(36-38-54(52)61)63(44-34-31-41(32-35-44)47-25-15-26-49-50-37-33-40-17-9-10-22-46(40)60(50)64-59(47)49)57-30-16-29-56-58(57)51-24-12-14-28-55(51)62(56,42-18-5-3-6-19-42)43-20-7-4-8-21-43/h3-39H,1-2H3. The second-order valence-electron chi connectivity index (χ2n) is 18.0. The summed E-state index contributed by atoms with van der Waals surface area (Å²) >= 11 is 1.91. The molecular weight excluding hydrogens is 791 g/mol. The number of hydrogen-bond donors (Lipinski definition) is 0. The summed E-state index contributed by atoms with van der Waals surface area (Å²) < 4.78 is 2.68. The van der Waals surface area contributed by atoms with Crippen LogP contribution in [0, 0.1) is 0 Å². The Kier molecular flexibility index (Phi) is 8.11. The SMILES string of the molecule is CC1(C)c2ccccc2-c2cc(N(c3ccc(-c4cccc5c4sc4c6ccccc6ccc54)cc3)c3cccc4c3-c3ccccc3C4(c3ccccc3)c3ccccc3)ccc21. The highest BCUT2D eigenvalue weighted by Crippen LogP contribution is 2.60. The van der Waals surface area contributed by atoms with Gasteiger partial charge in [-0.2, -0.15) is 0 Å². The largest absolute Gasteiger partial charge is 0.310 e. The molecule has 0 unspecified atom stereocenters. The van der Waals surface area contributed by atoms with Gasteiger partial charge in [-0.1, -0.05) is 208 Å². The third kappa shape index (κ3) is 5.18. The minimum Gasteiger partial charge on any atom is -0.310 e. The number of thiophene rings is 1. The van der Waals surface area contributed by atoms with E-state index in [1.807, 2.05) is 11.3 Å². The molecule has 0 spiro atoms. The number of fused-ring (bicyclic) bond motifs is 11. The van der Waals surface area contributed by atoms with Crippen molar-refractivity contribution in [2.24, 2.45) is 0 Å². The molecule has 0 bridgehead atoms. The molecule has 64 heavy (non-hydrogen) atoms. The summed E-state index contributed by atoms with van der Waals surface area (Å²) in [7, 11) is 0. The number of hydrogen-bond acceptors (Lipinski definition) is 2. The molecule has 2 aliphatic carbocycles. The second kappa shape index (κ2) is 14.0. The summed E-state index contributed by atoms with van der Waals surface area (Å²) in [5.41, 5.74) is 18.3. The Morgan fingerprint density at radius 2 is 0.953 bits per heavy atom. The van der Waals surface area contributed by atoms with Crippen LogP contribution in [-0.4, -0.2) is 0 Å². The van der Waals surface area contributed by atoms with Crippen molar-refractivity contribution in [3.63, 3.8) is 0 Å². The number of rotatable bonds is 6. The minimum atomic E-state index is -0.505. The lowest BCUT2D eigenvalue weighted by Crippen LogP contribution is -2.28. The fourth-order valence-electron chi connectivity index (χ4n) is 11.5. The fraction of sp³-hybridized carbons (Fsp3) is 0.0645. The summed E-state index contributed by atoms with van der Waals surface area (Å²) in [6.07, 6.45) is 0. The van der Waals surface area contributed by atoms with Crippen LogP contribution in [0.5, 0.6) is 0 Å². The number of nitrogens with zero attached hydrogens (tertiary/aromatic N) is 1. The average Bonchev–Trinajstić information content (AvgIpc) is 3.97. The monoisotopic (exact) mass is 833 g/mol. The molecular formula is C62H43NS. The molecule has 10 aromatic carbocycles. The quantitative estimate of drug-likeness (QED) is 0.161. The lowest BCUT2D eigenvalue weighted by molar-refractivity contribution is 0.660. The molecule has 0 fully saturated rings. The van der Waals surface area contributed by atoms with E-state index in [1.165, 1.54) is 97.7 Å². The van der Waals surface area contributed by atoms with E-state index in [1.54, 1.807) is 0 Å². The van der Waals surface area contributed by atoms with Crippen LogP contribution in [0.3, 0.4) is 0 Å². The molecule has 0 amide bonds. The molecule has 13 rings (SSSR count). The molecule has 2 heteroatoms. The predicted octanol–water partition coefficient (Wildman–Crippen LogP) is 17.0. The van der Waals surface area contributed by atoms with Gasteiger partial charge < -0.3 is 4.90 Å². The summed E-state index contributed by atoms with van der Waals surface area (Å²) in [4.78, 5) is 2.52.